The van der Waals surface area contributed by atoms with Gasteiger partial charge in [-0.2, -0.15) is 0 Å². The topological polar surface area (TPSA) is 79.3 Å². The van der Waals surface area contributed by atoms with Crippen LogP contribution in [-0.2, 0) is 14.3 Å². The molecule has 0 saturated carbocycles. The lowest BCUT2D eigenvalue weighted by Crippen LogP contribution is -2.39. The van der Waals surface area contributed by atoms with E-state index >= 15 is 0 Å². The van der Waals surface area contributed by atoms with Crippen molar-refractivity contribution >= 4 is 17.8 Å². The van der Waals surface area contributed by atoms with E-state index in [0.29, 0.717) is 43.2 Å². The number of ketones is 1. The molecule has 1 N–H and O–H groups in total. The molecule has 39 heavy (non-hydrogen) atoms. The number of para-hydroxylation sites is 1. The van der Waals surface area contributed by atoms with Crippen LogP contribution in [0, 0.1) is 0 Å². The highest BCUT2D eigenvalue weighted by Crippen LogP contribution is 2.39. The number of allylic oxidation sites excluding steroid dienone is 1. The molecule has 200 valence electrons. The lowest BCUT2D eigenvalue weighted by atomic mass is 9.95. The third-order valence-electron chi connectivity index (χ3n) is 6.93. The molecule has 1 amide bonds. The van der Waals surface area contributed by atoms with E-state index in [4.69, 9.17) is 9.47 Å². The third kappa shape index (κ3) is 6.45. The predicted octanol–water partition coefficient (Wildman–Crippen LogP) is 5.18. The van der Waals surface area contributed by atoms with Crippen LogP contribution in [0.1, 0.15) is 23.6 Å². The number of carbonyl (C=O) groups excluding carboxylic acids is 2. The quantitative estimate of drug-likeness (QED) is 0.368. The van der Waals surface area contributed by atoms with Crippen LogP contribution in [0.25, 0.3) is 6.08 Å². The van der Waals surface area contributed by atoms with Crippen molar-refractivity contribution < 1.29 is 24.2 Å². The van der Waals surface area contributed by atoms with Crippen LogP contribution in [0.4, 0.5) is 0 Å². The van der Waals surface area contributed by atoms with Crippen LogP contribution in [0.5, 0.6) is 11.5 Å². The highest BCUT2D eigenvalue weighted by molar-refractivity contribution is 6.14. The maximum Gasteiger partial charge on any atom is 0.290 e. The van der Waals surface area contributed by atoms with Crippen LogP contribution in [0.15, 0.2) is 102 Å². The van der Waals surface area contributed by atoms with Crippen molar-refractivity contribution in [2.75, 3.05) is 39.4 Å². The summed E-state index contributed by atoms with van der Waals surface area (Å²) < 4.78 is 11.5. The van der Waals surface area contributed by atoms with E-state index in [1.807, 2.05) is 84.9 Å². The van der Waals surface area contributed by atoms with Gasteiger partial charge in [-0.3, -0.25) is 14.5 Å². The summed E-state index contributed by atoms with van der Waals surface area (Å²) in [4.78, 5) is 30.7. The summed E-state index contributed by atoms with van der Waals surface area (Å²) >= 11 is 0. The minimum absolute atomic E-state index is 0.0791. The first-order valence-corrected chi connectivity index (χ1v) is 13.2. The molecule has 0 spiro atoms. The number of amides is 1. The molecule has 0 radical (unpaired) electrons. The zero-order valence-electron chi connectivity index (χ0n) is 21.7. The van der Waals surface area contributed by atoms with Crippen LogP contribution < -0.4 is 4.74 Å². The Morgan fingerprint density at radius 1 is 0.923 bits per heavy atom. The van der Waals surface area contributed by atoms with Gasteiger partial charge in [-0.05, 0) is 47.9 Å². The number of ether oxygens (including phenoxy) is 2. The van der Waals surface area contributed by atoms with Gasteiger partial charge < -0.3 is 19.5 Å². The van der Waals surface area contributed by atoms with Crippen molar-refractivity contribution in [2.45, 2.75) is 12.5 Å². The molecule has 1 atom stereocenters. The van der Waals surface area contributed by atoms with Crippen LogP contribution >= 0.6 is 0 Å². The van der Waals surface area contributed by atoms with E-state index < -0.39 is 23.5 Å². The number of hydrogen-bond acceptors (Lipinski definition) is 6. The molecule has 0 aliphatic carbocycles. The van der Waals surface area contributed by atoms with Gasteiger partial charge in [0.05, 0.1) is 24.8 Å². The molecule has 1 saturated heterocycles. The van der Waals surface area contributed by atoms with Crippen molar-refractivity contribution in [2.24, 2.45) is 0 Å². The van der Waals surface area contributed by atoms with Gasteiger partial charge in [0.25, 0.3) is 5.91 Å². The number of rotatable bonds is 10. The van der Waals surface area contributed by atoms with Crippen molar-refractivity contribution in [1.82, 2.24) is 9.80 Å². The van der Waals surface area contributed by atoms with Gasteiger partial charge >= 0.3 is 0 Å². The third-order valence-corrected chi connectivity index (χ3v) is 6.93. The number of aliphatic hydroxyl groups excluding tert-OH is 1. The number of aliphatic hydroxyl groups is 1. The van der Waals surface area contributed by atoms with E-state index in [1.165, 1.54) is 6.08 Å². The second-order valence-corrected chi connectivity index (χ2v) is 9.57. The van der Waals surface area contributed by atoms with Crippen molar-refractivity contribution in [3.8, 4) is 11.5 Å². The molecule has 3 aromatic carbocycles. The Balaban J connectivity index is 1.42. The highest BCUT2D eigenvalue weighted by atomic mass is 16.5. The number of nitrogens with zero attached hydrogens (tertiary/aromatic N) is 2. The van der Waals surface area contributed by atoms with Gasteiger partial charge in [-0.25, -0.2) is 0 Å². The molecule has 0 bridgehead atoms. The first-order valence-electron chi connectivity index (χ1n) is 13.2. The molecule has 1 fully saturated rings. The second-order valence-electron chi connectivity index (χ2n) is 9.57. The summed E-state index contributed by atoms with van der Waals surface area (Å²) in [5, 5.41) is 11.0. The molecule has 5 rings (SSSR count). The lowest BCUT2D eigenvalue weighted by Gasteiger charge is -2.30. The predicted molar refractivity (Wildman–Crippen MR) is 149 cm³/mol. The van der Waals surface area contributed by atoms with Crippen LogP contribution in [0.3, 0.4) is 0 Å². The van der Waals surface area contributed by atoms with E-state index in [9.17, 15) is 14.7 Å². The average molecular weight is 525 g/mol. The van der Waals surface area contributed by atoms with Crippen molar-refractivity contribution in [3.63, 3.8) is 0 Å². The molecule has 1 unspecified atom stereocenters. The fourth-order valence-electron chi connectivity index (χ4n) is 4.97. The molecule has 3 aromatic rings. The SMILES string of the molecule is O=C(C=Cc1ccccc1)C1=C(O)C(=O)N(CCCN2CCOCC2)C1c1cccc(Oc2ccccc2)c1. The Kier molecular flexibility index (Phi) is 8.51. The summed E-state index contributed by atoms with van der Waals surface area (Å²) in [6, 6.07) is 25.5. The molecule has 7 nitrogen and oxygen atoms in total. The van der Waals surface area contributed by atoms with Gasteiger partial charge in [0.15, 0.2) is 11.5 Å². The van der Waals surface area contributed by atoms with Gasteiger partial charge in [0, 0.05) is 26.2 Å². The minimum Gasteiger partial charge on any atom is -0.503 e. The summed E-state index contributed by atoms with van der Waals surface area (Å²) in [7, 11) is 0. The molecular weight excluding hydrogens is 492 g/mol. The Hall–Kier alpha value is -4.20. The largest absolute Gasteiger partial charge is 0.503 e. The molecule has 2 heterocycles. The maximum absolute atomic E-state index is 13.5. The Morgan fingerprint density at radius 2 is 1.62 bits per heavy atom. The van der Waals surface area contributed by atoms with Crippen molar-refractivity contribution in [3.05, 3.63) is 113 Å². The zero-order valence-corrected chi connectivity index (χ0v) is 21.7. The van der Waals surface area contributed by atoms with Crippen LogP contribution in [-0.4, -0.2) is 66.0 Å². The van der Waals surface area contributed by atoms with E-state index in [1.54, 1.807) is 11.0 Å². The zero-order chi connectivity index (χ0) is 27.0. The minimum atomic E-state index is -0.727. The van der Waals surface area contributed by atoms with Gasteiger partial charge in [0.2, 0.25) is 0 Å². The summed E-state index contributed by atoms with van der Waals surface area (Å²) in [6.07, 6.45) is 3.82. The maximum atomic E-state index is 13.5. The van der Waals surface area contributed by atoms with Crippen LogP contribution in [0.2, 0.25) is 0 Å². The summed E-state index contributed by atoms with van der Waals surface area (Å²) in [5.74, 6) is -0.173. The van der Waals surface area contributed by atoms with Gasteiger partial charge in [-0.1, -0.05) is 66.7 Å². The number of carbonyl (C=O) groups is 2. The Bertz CT molecular complexity index is 1350. The first kappa shape index (κ1) is 26.4. The normalized spacial score (nSPS) is 18.2. The Labute approximate surface area is 228 Å². The van der Waals surface area contributed by atoms with Crippen molar-refractivity contribution in [1.29, 1.82) is 0 Å². The molecule has 7 heteroatoms. The summed E-state index contributed by atoms with van der Waals surface area (Å²) in [6.45, 7) is 4.31. The Morgan fingerprint density at radius 3 is 2.36 bits per heavy atom. The molecule has 2 aliphatic rings. The van der Waals surface area contributed by atoms with Gasteiger partial charge in [0.1, 0.15) is 11.5 Å². The smallest absolute Gasteiger partial charge is 0.290 e. The highest BCUT2D eigenvalue weighted by Gasteiger charge is 2.42. The number of morpholine rings is 1. The second kappa shape index (κ2) is 12.6. The molecule has 2 aliphatic heterocycles. The van der Waals surface area contributed by atoms with E-state index in [0.717, 1.165) is 25.2 Å². The first-order chi connectivity index (χ1) is 19.1. The summed E-state index contributed by atoms with van der Waals surface area (Å²) in [5.41, 5.74) is 1.63. The fourth-order valence-corrected chi connectivity index (χ4v) is 4.97. The monoisotopic (exact) mass is 524 g/mol. The molecule has 0 aromatic heterocycles. The molecular formula is C32H32N2O5. The fraction of sp³-hybridized carbons (Fsp3) is 0.250. The lowest BCUT2D eigenvalue weighted by molar-refractivity contribution is -0.129. The average Bonchev–Trinajstić information content (AvgIpc) is 3.23. The van der Waals surface area contributed by atoms with E-state index in [2.05, 4.69) is 4.90 Å². The van der Waals surface area contributed by atoms with E-state index in [-0.39, 0.29) is 5.57 Å². The standard InChI is InChI=1S/C32H32N2O5/c35-28(16-15-24-9-3-1-4-10-24)29-30(25-11-7-14-27(23-25)39-26-12-5-2-6-13-26)34(32(37)31(29)36)18-8-17-33-19-21-38-22-20-33/h1-7,9-16,23,30,36H,8,17-22H2. The number of hydrogen-bond donors (Lipinski definition) is 1. The van der Waals surface area contributed by atoms with Gasteiger partial charge in [-0.15, -0.1) is 0 Å². The number of benzene rings is 3.